The molecule has 0 saturated heterocycles. The van der Waals surface area contributed by atoms with Gasteiger partial charge in [0.05, 0.1) is 5.02 Å². The highest BCUT2D eigenvalue weighted by atomic mass is 35.5. The maximum Gasteiger partial charge on any atom is 0.314 e. The van der Waals surface area contributed by atoms with Crippen molar-refractivity contribution in [1.29, 1.82) is 0 Å². The highest BCUT2D eigenvalue weighted by Gasteiger charge is 2.17. The Morgan fingerprint density at radius 3 is 2.45 bits per heavy atom. The third-order valence-electron chi connectivity index (χ3n) is 2.44. The summed E-state index contributed by atoms with van der Waals surface area (Å²) in [5.41, 5.74) is 1.68. The largest absolute Gasteiger partial charge is 0.360 e. The molecule has 0 fully saturated rings. The Morgan fingerprint density at radius 2 is 1.85 bits per heavy atom. The van der Waals surface area contributed by atoms with E-state index in [1.165, 1.54) is 12.3 Å². The quantitative estimate of drug-likeness (QED) is 0.803. The Balaban J connectivity index is 2.17. The van der Waals surface area contributed by atoms with Crippen molar-refractivity contribution in [1.82, 2.24) is 4.98 Å². The molecular formula is C13H11Cl2NO3S. The minimum atomic E-state index is -3.83. The minimum Gasteiger partial charge on any atom is -0.360 e. The number of hydrogen-bond donors (Lipinski definition) is 0. The molecule has 0 bridgehead atoms. The maximum absolute atomic E-state index is 11.9. The normalized spacial score (nSPS) is 11.3. The van der Waals surface area contributed by atoms with E-state index in [1.807, 2.05) is 19.1 Å². The van der Waals surface area contributed by atoms with Gasteiger partial charge in [-0.05, 0) is 18.6 Å². The molecular weight excluding hydrogens is 321 g/mol. The van der Waals surface area contributed by atoms with E-state index in [0.29, 0.717) is 10.6 Å². The van der Waals surface area contributed by atoms with Gasteiger partial charge in [-0.2, -0.15) is 8.42 Å². The number of halogens is 2. The Labute approximate surface area is 127 Å². The Morgan fingerprint density at radius 1 is 1.20 bits per heavy atom. The van der Waals surface area contributed by atoms with E-state index in [0.717, 1.165) is 5.56 Å². The van der Waals surface area contributed by atoms with Crippen molar-refractivity contribution >= 4 is 33.3 Å². The van der Waals surface area contributed by atoms with Crippen LogP contribution >= 0.6 is 23.2 Å². The van der Waals surface area contributed by atoms with Crippen molar-refractivity contribution in [2.45, 2.75) is 12.7 Å². The lowest BCUT2D eigenvalue weighted by Crippen LogP contribution is -2.13. The van der Waals surface area contributed by atoms with Gasteiger partial charge in [-0.1, -0.05) is 53.0 Å². The zero-order valence-electron chi connectivity index (χ0n) is 10.5. The molecule has 1 heterocycles. The van der Waals surface area contributed by atoms with Gasteiger partial charge in [-0.25, -0.2) is 4.98 Å². The first-order valence-electron chi connectivity index (χ1n) is 5.64. The van der Waals surface area contributed by atoms with Crippen LogP contribution in [0.15, 0.2) is 36.5 Å². The zero-order valence-corrected chi connectivity index (χ0v) is 12.8. The van der Waals surface area contributed by atoms with Crippen molar-refractivity contribution in [2.24, 2.45) is 0 Å². The van der Waals surface area contributed by atoms with Crippen molar-refractivity contribution < 1.29 is 12.6 Å². The molecule has 7 heteroatoms. The minimum absolute atomic E-state index is 0.0463. The average Bonchev–Trinajstić information content (AvgIpc) is 2.35. The van der Waals surface area contributed by atoms with E-state index in [-0.39, 0.29) is 16.7 Å². The average molecular weight is 332 g/mol. The fourth-order valence-electron chi connectivity index (χ4n) is 1.50. The van der Waals surface area contributed by atoms with Gasteiger partial charge in [-0.15, -0.1) is 0 Å². The number of benzene rings is 1. The van der Waals surface area contributed by atoms with E-state index in [9.17, 15) is 8.42 Å². The van der Waals surface area contributed by atoms with Gasteiger partial charge in [-0.3, -0.25) is 0 Å². The van der Waals surface area contributed by atoms with Crippen LogP contribution < -0.4 is 4.18 Å². The molecule has 0 atom stereocenters. The zero-order chi connectivity index (χ0) is 14.8. The van der Waals surface area contributed by atoms with Crippen molar-refractivity contribution in [2.75, 3.05) is 0 Å². The molecule has 4 nitrogen and oxygen atoms in total. The van der Waals surface area contributed by atoms with Gasteiger partial charge in [0.2, 0.25) is 0 Å². The predicted molar refractivity (Wildman–Crippen MR) is 78.7 cm³/mol. The molecule has 0 saturated carbocycles. The molecule has 0 radical (unpaired) electrons. The van der Waals surface area contributed by atoms with Gasteiger partial charge in [0.25, 0.3) is 5.88 Å². The third-order valence-corrected chi connectivity index (χ3v) is 4.02. The number of pyridine rings is 1. The second-order valence-electron chi connectivity index (χ2n) is 4.21. The van der Waals surface area contributed by atoms with Crippen LogP contribution in [0.1, 0.15) is 11.1 Å². The van der Waals surface area contributed by atoms with Crippen LogP contribution in [0.4, 0.5) is 0 Å². The van der Waals surface area contributed by atoms with E-state index in [2.05, 4.69) is 4.98 Å². The fourth-order valence-corrected chi connectivity index (χ4v) is 3.00. The number of rotatable bonds is 4. The highest BCUT2D eigenvalue weighted by Crippen LogP contribution is 2.26. The lowest BCUT2D eigenvalue weighted by Gasteiger charge is -2.07. The molecule has 0 aliphatic carbocycles. The molecule has 1 aromatic heterocycles. The summed E-state index contributed by atoms with van der Waals surface area (Å²) in [6.07, 6.45) is 1.27. The van der Waals surface area contributed by atoms with Gasteiger partial charge in [0.1, 0.15) is 10.8 Å². The van der Waals surface area contributed by atoms with E-state index in [1.54, 1.807) is 12.1 Å². The summed E-state index contributed by atoms with van der Waals surface area (Å²) in [5, 5.41) is 0.350. The van der Waals surface area contributed by atoms with Crippen molar-refractivity contribution in [3.63, 3.8) is 0 Å². The smallest absolute Gasteiger partial charge is 0.314 e. The highest BCUT2D eigenvalue weighted by molar-refractivity contribution is 7.86. The second kappa shape index (κ2) is 5.99. The molecule has 0 unspecified atom stereocenters. The number of aromatic nitrogens is 1. The molecule has 1 aromatic carbocycles. The molecule has 106 valence electrons. The van der Waals surface area contributed by atoms with Gasteiger partial charge in [0, 0.05) is 6.20 Å². The van der Waals surface area contributed by atoms with Crippen molar-refractivity contribution in [3.8, 4) is 5.88 Å². The summed E-state index contributed by atoms with van der Waals surface area (Å²) >= 11 is 11.5. The Kier molecular flexibility index (Phi) is 4.52. The summed E-state index contributed by atoms with van der Waals surface area (Å²) in [4.78, 5) is 3.75. The summed E-state index contributed by atoms with van der Waals surface area (Å²) in [6.45, 7) is 1.92. The fraction of sp³-hybridized carbons (Fsp3) is 0.154. The lowest BCUT2D eigenvalue weighted by atomic mass is 10.2. The molecule has 0 aliphatic heterocycles. The number of aryl methyl sites for hydroxylation is 1. The van der Waals surface area contributed by atoms with Crippen LogP contribution in [0.3, 0.4) is 0 Å². The SMILES string of the molecule is Cc1ccc(CS(=O)(=O)Oc2ncc(Cl)cc2Cl)cc1. The number of nitrogens with zero attached hydrogens (tertiary/aromatic N) is 1. The predicted octanol–water partition coefficient (Wildman–Crippen LogP) is 3.61. The van der Waals surface area contributed by atoms with E-state index < -0.39 is 10.1 Å². The Hall–Kier alpha value is -1.30. The monoisotopic (exact) mass is 331 g/mol. The standard InChI is InChI=1S/C13H11Cl2NO3S/c1-9-2-4-10(5-3-9)8-20(17,18)19-13-12(15)6-11(14)7-16-13/h2-7H,8H2,1H3. The van der Waals surface area contributed by atoms with E-state index in [4.69, 9.17) is 27.4 Å². The van der Waals surface area contributed by atoms with Gasteiger partial charge < -0.3 is 4.18 Å². The first-order chi connectivity index (χ1) is 9.35. The van der Waals surface area contributed by atoms with Crippen LogP contribution in [0.2, 0.25) is 10.0 Å². The van der Waals surface area contributed by atoms with E-state index >= 15 is 0 Å². The van der Waals surface area contributed by atoms with Crippen LogP contribution in [-0.2, 0) is 15.9 Å². The van der Waals surface area contributed by atoms with Crippen LogP contribution in [0.5, 0.6) is 5.88 Å². The summed E-state index contributed by atoms with van der Waals surface area (Å²) < 4.78 is 28.8. The van der Waals surface area contributed by atoms with Crippen molar-refractivity contribution in [3.05, 3.63) is 57.7 Å². The van der Waals surface area contributed by atoms with Crippen LogP contribution in [0.25, 0.3) is 0 Å². The molecule has 0 aliphatic rings. The summed E-state index contributed by atoms with van der Waals surface area (Å²) in [6, 6.07) is 8.49. The number of hydrogen-bond acceptors (Lipinski definition) is 4. The third kappa shape index (κ3) is 4.10. The molecule has 0 N–H and O–H groups in total. The van der Waals surface area contributed by atoms with Crippen LogP contribution in [-0.4, -0.2) is 13.4 Å². The van der Waals surface area contributed by atoms with Gasteiger partial charge >= 0.3 is 10.1 Å². The topological polar surface area (TPSA) is 56.3 Å². The molecule has 20 heavy (non-hydrogen) atoms. The first-order valence-corrected chi connectivity index (χ1v) is 7.98. The second-order valence-corrected chi connectivity index (χ2v) is 6.63. The molecule has 2 rings (SSSR count). The Bertz CT molecular complexity index is 715. The lowest BCUT2D eigenvalue weighted by molar-refractivity contribution is 0.475. The molecule has 0 amide bonds. The molecule has 0 spiro atoms. The summed E-state index contributed by atoms with van der Waals surface area (Å²) in [5.74, 6) is -0.434. The maximum atomic E-state index is 11.9. The first kappa shape index (κ1) is 15.1. The summed E-state index contributed by atoms with van der Waals surface area (Å²) in [7, 11) is -3.83. The molecule has 2 aromatic rings. The van der Waals surface area contributed by atoms with Crippen LogP contribution in [0, 0.1) is 6.92 Å². The van der Waals surface area contributed by atoms with Gasteiger partial charge in [0.15, 0.2) is 0 Å².